The Morgan fingerprint density at radius 2 is 1.94 bits per heavy atom. The molecule has 0 radical (unpaired) electrons. The van der Waals surface area contributed by atoms with Gasteiger partial charge in [-0.3, -0.25) is 0 Å². The fraction of sp³-hybridized carbons (Fsp3) is 0.300. The van der Waals surface area contributed by atoms with Gasteiger partial charge in [0, 0.05) is 0 Å². The summed E-state index contributed by atoms with van der Waals surface area (Å²) in [4.78, 5) is 10.5. The lowest BCUT2D eigenvalue weighted by Crippen LogP contribution is -2.06. The van der Waals surface area contributed by atoms with Gasteiger partial charge in [0.15, 0.2) is 9.84 Å². The molecule has 0 amide bonds. The van der Waals surface area contributed by atoms with Crippen LogP contribution in [0.2, 0.25) is 0 Å². The second kappa shape index (κ2) is 3.56. The van der Waals surface area contributed by atoms with Crippen LogP contribution in [-0.2, 0) is 20.8 Å². The molecule has 0 saturated carbocycles. The van der Waals surface area contributed by atoms with Crippen molar-refractivity contribution < 1.29 is 26.4 Å². The normalized spacial score (nSPS) is 22.2. The van der Waals surface area contributed by atoms with Crippen LogP contribution in [0.15, 0.2) is 23.1 Å². The third-order valence-electron chi connectivity index (χ3n) is 2.63. The van der Waals surface area contributed by atoms with Crippen LogP contribution < -0.4 is 0 Å². The average Bonchev–Trinajstić information content (AvgIpc) is 2.49. The van der Waals surface area contributed by atoms with E-state index in [0.717, 1.165) is 12.1 Å². The first-order valence-corrected chi connectivity index (χ1v) is 6.30. The Bertz CT molecular complexity index is 575. The molecule has 1 unspecified atom stereocenters. The van der Waals surface area contributed by atoms with Gasteiger partial charge in [-0.1, -0.05) is 0 Å². The molecule has 0 N–H and O–H groups in total. The summed E-state index contributed by atoms with van der Waals surface area (Å²) in [5.41, 5.74) is -1.00. The van der Waals surface area contributed by atoms with Crippen LogP contribution in [0.25, 0.3) is 0 Å². The van der Waals surface area contributed by atoms with E-state index < -0.39 is 33.2 Å². The molecule has 1 aromatic rings. The summed E-state index contributed by atoms with van der Waals surface area (Å²) in [6, 6.07) is 2.36. The Kier molecular flexibility index (Phi) is 2.53. The molecule has 1 atom stereocenters. The van der Waals surface area contributed by atoms with Crippen LogP contribution in [0.1, 0.15) is 17.0 Å². The van der Waals surface area contributed by atoms with Crippen molar-refractivity contribution in [2.45, 2.75) is 17.0 Å². The smallest absolute Gasteiger partial charge is 0.303 e. The first kappa shape index (κ1) is 12.1. The molecule has 92 valence electrons. The molecular weight excluding hydrogens is 257 g/mol. The summed E-state index contributed by atoms with van der Waals surface area (Å²) >= 11 is 0. The molecule has 17 heavy (non-hydrogen) atoms. The molecule has 0 aliphatic carbocycles. The molecule has 3 nitrogen and oxygen atoms in total. The SMILES string of the molecule is O=CC1CS(=O)(=O)c2ccc(C(F)(F)F)cc21. The maximum absolute atomic E-state index is 12.4. The van der Waals surface area contributed by atoms with Gasteiger partial charge in [-0.25, -0.2) is 8.42 Å². The molecule has 0 bridgehead atoms. The first-order valence-electron chi connectivity index (χ1n) is 4.65. The van der Waals surface area contributed by atoms with E-state index >= 15 is 0 Å². The number of fused-ring (bicyclic) bond motifs is 1. The predicted molar refractivity (Wildman–Crippen MR) is 52.3 cm³/mol. The van der Waals surface area contributed by atoms with Crippen LogP contribution in [0.3, 0.4) is 0 Å². The number of hydrogen-bond donors (Lipinski definition) is 0. The number of hydrogen-bond acceptors (Lipinski definition) is 3. The van der Waals surface area contributed by atoms with Crippen LogP contribution in [0.5, 0.6) is 0 Å². The fourth-order valence-electron chi connectivity index (χ4n) is 1.83. The minimum absolute atomic E-state index is 0.0603. The quantitative estimate of drug-likeness (QED) is 0.726. The first-order chi connectivity index (χ1) is 7.75. The van der Waals surface area contributed by atoms with Crippen LogP contribution in [0, 0.1) is 0 Å². The molecule has 1 aromatic carbocycles. The van der Waals surface area contributed by atoms with Gasteiger partial charge in [0.05, 0.1) is 22.1 Å². The van der Waals surface area contributed by atoms with Gasteiger partial charge in [-0.05, 0) is 23.8 Å². The van der Waals surface area contributed by atoms with E-state index in [9.17, 15) is 26.4 Å². The highest BCUT2D eigenvalue weighted by Crippen LogP contribution is 2.38. The molecule has 0 spiro atoms. The van der Waals surface area contributed by atoms with E-state index in [-0.39, 0.29) is 10.5 Å². The zero-order chi connectivity index (χ0) is 12.8. The Labute approximate surface area is 95.2 Å². The molecule has 0 saturated heterocycles. The standard InChI is InChI=1S/C10H7F3O3S/c11-10(12,13)7-1-2-9-8(3-7)6(4-14)5-17(9,15)16/h1-4,6H,5H2. The van der Waals surface area contributed by atoms with Crippen molar-refractivity contribution in [3.05, 3.63) is 29.3 Å². The van der Waals surface area contributed by atoms with E-state index in [0.29, 0.717) is 12.4 Å². The Balaban J connectivity index is 2.64. The van der Waals surface area contributed by atoms with Gasteiger partial charge < -0.3 is 4.79 Å². The summed E-state index contributed by atoms with van der Waals surface area (Å²) in [6.45, 7) is 0. The number of alkyl halides is 3. The predicted octanol–water partition coefficient (Wildman–Crippen LogP) is 1.78. The van der Waals surface area contributed by atoms with Gasteiger partial charge in [0.2, 0.25) is 0 Å². The van der Waals surface area contributed by atoms with Crippen molar-refractivity contribution in [2.24, 2.45) is 0 Å². The van der Waals surface area contributed by atoms with Crippen LogP contribution in [-0.4, -0.2) is 20.5 Å². The molecule has 1 heterocycles. The zero-order valence-corrected chi connectivity index (χ0v) is 9.18. The van der Waals surface area contributed by atoms with Gasteiger partial charge in [-0.2, -0.15) is 13.2 Å². The van der Waals surface area contributed by atoms with E-state index in [2.05, 4.69) is 0 Å². The van der Waals surface area contributed by atoms with E-state index in [1.807, 2.05) is 0 Å². The number of carbonyl (C=O) groups excluding carboxylic acids is 1. The van der Waals surface area contributed by atoms with Crippen LogP contribution in [0.4, 0.5) is 13.2 Å². The molecule has 1 aliphatic rings. The topological polar surface area (TPSA) is 51.2 Å². The third-order valence-corrected chi connectivity index (χ3v) is 4.47. The number of carbonyl (C=O) groups is 1. The van der Waals surface area contributed by atoms with Crippen molar-refractivity contribution in [1.29, 1.82) is 0 Å². The van der Waals surface area contributed by atoms with Crippen LogP contribution >= 0.6 is 0 Å². The van der Waals surface area contributed by atoms with Crippen molar-refractivity contribution in [1.82, 2.24) is 0 Å². The van der Waals surface area contributed by atoms with Gasteiger partial charge >= 0.3 is 6.18 Å². The fourth-order valence-corrected chi connectivity index (χ4v) is 3.58. The van der Waals surface area contributed by atoms with Gasteiger partial charge in [-0.15, -0.1) is 0 Å². The second-order valence-corrected chi connectivity index (χ2v) is 5.78. The minimum atomic E-state index is -4.55. The molecular formula is C10H7F3O3S. The Hall–Kier alpha value is -1.37. The summed E-state index contributed by atoms with van der Waals surface area (Å²) in [6.07, 6.45) is -4.18. The summed E-state index contributed by atoms with van der Waals surface area (Å²) in [5.74, 6) is -1.45. The van der Waals surface area contributed by atoms with E-state index in [1.165, 1.54) is 0 Å². The number of rotatable bonds is 1. The molecule has 7 heteroatoms. The summed E-state index contributed by atoms with van der Waals surface area (Å²) in [5, 5.41) is 0. The molecule has 0 aromatic heterocycles. The number of halogens is 3. The Morgan fingerprint density at radius 1 is 1.29 bits per heavy atom. The van der Waals surface area contributed by atoms with Gasteiger partial charge in [0.25, 0.3) is 0 Å². The Morgan fingerprint density at radius 3 is 2.47 bits per heavy atom. The van der Waals surface area contributed by atoms with Crippen molar-refractivity contribution in [3.63, 3.8) is 0 Å². The van der Waals surface area contributed by atoms with E-state index in [1.54, 1.807) is 0 Å². The third kappa shape index (κ3) is 1.95. The lowest BCUT2D eigenvalue weighted by molar-refractivity contribution is -0.137. The maximum atomic E-state index is 12.4. The average molecular weight is 264 g/mol. The lowest BCUT2D eigenvalue weighted by Gasteiger charge is -2.09. The number of aldehydes is 1. The van der Waals surface area contributed by atoms with Crippen molar-refractivity contribution in [2.75, 3.05) is 5.75 Å². The van der Waals surface area contributed by atoms with Crippen molar-refractivity contribution >= 4 is 16.1 Å². The van der Waals surface area contributed by atoms with Crippen molar-refractivity contribution in [3.8, 4) is 0 Å². The lowest BCUT2D eigenvalue weighted by atomic mass is 10.0. The summed E-state index contributed by atoms with van der Waals surface area (Å²) < 4.78 is 60.4. The highest BCUT2D eigenvalue weighted by Gasteiger charge is 2.38. The maximum Gasteiger partial charge on any atom is 0.416 e. The van der Waals surface area contributed by atoms with E-state index in [4.69, 9.17) is 0 Å². The zero-order valence-electron chi connectivity index (χ0n) is 8.36. The number of benzene rings is 1. The highest BCUT2D eigenvalue weighted by atomic mass is 32.2. The minimum Gasteiger partial charge on any atom is -0.303 e. The van der Waals surface area contributed by atoms with Gasteiger partial charge in [0.1, 0.15) is 6.29 Å². The summed E-state index contributed by atoms with van der Waals surface area (Å²) in [7, 11) is -3.63. The monoisotopic (exact) mass is 264 g/mol. The molecule has 2 rings (SSSR count). The number of sulfone groups is 1. The molecule has 0 fully saturated rings. The largest absolute Gasteiger partial charge is 0.416 e. The second-order valence-electron chi connectivity index (χ2n) is 3.77. The molecule has 1 aliphatic heterocycles. The highest BCUT2D eigenvalue weighted by molar-refractivity contribution is 7.91.